The smallest absolute Gasteiger partial charge is 0.221 e. The first-order chi connectivity index (χ1) is 9.42. The second-order valence-electron chi connectivity index (χ2n) is 4.29. The molecule has 0 unspecified atom stereocenters. The molecule has 0 saturated heterocycles. The Kier molecular flexibility index (Phi) is 3.56. The molecule has 0 aliphatic carbocycles. The maximum absolute atomic E-state index is 5.65. The number of aromatic nitrogens is 2. The quantitative estimate of drug-likeness (QED) is 0.903. The molecule has 0 amide bonds. The highest BCUT2D eigenvalue weighted by atomic mass is 16.5. The Labute approximate surface area is 111 Å². The van der Waals surface area contributed by atoms with Gasteiger partial charge in [0.25, 0.3) is 0 Å². The van der Waals surface area contributed by atoms with Gasteiger partial charge in [0.05, 0.1) is 0 Å². The van der Waals surface area contributed by atoms with Crippen LogP contribution < -0.4 is 14.8 Å². The zero-order chi connectivity index (χ0) is 12.9. The maximum Gasteiger partial charge on any atom is 0.221 e. The molecule has 0 bridgehead atoms. The zero-order valence-corrected chi connectivity index (χ0v) is 10.5. The van der Waals surface area contributed by atoms with Gasteiger partial charge >= 0.3 is 0 Å². The Hall–Kier alpha value is -2.14. The molecule has 0 atom stereocenters. The number of nitrogens with one attached hydrogen (secondary N) is 1. The Morgan fingerprint density at radius 3 is 3.21 bits per heavy atom. The van der Waals surface area contributed by atoms with Crippen molar-refractivity contribution in [2.75, 3.05) is 13.2 Å². The minimum absolute atomic E-state index is 0.456. The SMILES string of the molecule is c1cncc(COc2ccc3c(n2)OCCNC3)c1. The van der Waals surface area contributed by atoms with E-state index in [-0.39, 0.29) is 0 Å². The van der Waals surface area contributed by atoms with Crippen LogP contribution in [0.4, 0.5) is 0 Å². The number of rotatable bonds is 3. The third-order valence-electron chi connectivity index (χ3n) is 2.86. The first-order valence-corrected chi connectivity index (χ1v) is 6.27. The monoisotopic (exact) mass is 257 g/mol. The lowest BCUT2D eigenvalue weighted by molar-refractivity contribution is 0.276. The van der Waals surface area contributed by atoms with Gasteiger partial charge in [-0.15, -0.1) is 0 Å². The summed E-state index contributed by atoms with van der Waals surface area (Å²) in [7, 11) is 0. The minimum Gasteiger partial charge on any atom is -0.476 e. The van der Waals surface area contributed by atoms with Crippen molar-refractivity contribution in [3.05, 3.63) is 47.8 Å². The Balaban J connectivity index is 1.70. The van der Waals surface area contributed by atoms with E-state index in [1.165, 1.54) is 0 Å². The van der Waals surface area contributed by atoms with Gasteiger partial charge in [0.1, 0.15) is 13.2 Å². The zero-order valence-electron chi connectivity index (χ0n) is 10.5. The fraction of sp³-hybridized carbons (Fsp3) is 0.286. The van der Waals surface area contributed by atoms with Crippen LogP contribution >= 0.6 is 0 Å². The Morgan fingerprint density at radius 2 is 2.32 bits per heavy atom. The second-order valence-corrected chi connectivity index (χ2v) is 4.29. The van der Waals surface area contributed by atoms with E-state index in [1.54, 1.807) is 12.4 Å². The van der Waals surface area contributed by atoms with Crippen LogP contribution in [0.25, 0.3) is 0 Å². The molecule has 0 fully saturated rings. The molecule has 5 nitrogen and oxygen atoms in total. The first-order valence-electron chi connectivity index (χ1n) is 6.27. The third-order valence-corrected chi connectivity index (χ3v) is 2.86. The van der Waals surface area contributed by atoms with Gasteiger partial charge in [-0.3, -0.25) is 4.98 Å². The van der Waals surface area contributed by atoms with Gasteiger partial charge in [0.2, 0.25) is 11.8 Å². The molecule has 2 aromatic heterocycles. The van der Waals surface area contributed by atoms with E-state index in [2.05, 4.69) is 15.3 Å². The van der Waals surface area contributed by atoms with Crippen molar-refractivity contribution in [2.24, 2.45) is 0 Å². The summed E-state index contributed by atoms with van der Waals surface area (Å²) >= 11 is 0. The fourth-order valence-corrected chi connectivity index (χ4v) is 1.88. The van der Waals surface area contributed by atoms with Crippen LogP contribution in [0.1, 0.15) is 11.1 Å². The average molecular weight is 257 g/mol. The Morgan fingerprint density at radius 1 is 1.32 bits per heavy atom. The summed E-state index contributed by atoms with van der Waals surface area (Å²) in [5, 5.41) is 3.27. The van der Waals surface area contributed by atoms with Crippen LogP contribution in [0.3, 0.4) is 0 Å². The van der Waals surface area contributed by atoms with Gasteiger partial charge in [-0.25, -0.2) is 0 Å². The predicted molar refractivity (Wildman–Crippen MR) is 70.0 cm³/mol. The van der Waals surface area contributed by atoms with Gasteiger partial charge in [0.15, 0.2) is 0 Å². The van der Waals surface area contributed by atoms with E-state index >= 15 is 0 Å². The van der Waals surface area contributed by atoms with Crippen molar-refractivity contribution in [3.8, 4) is 11.8 Å². The van der Waals surface area contributed by atoms with E-state index in [9.17, 15) is 0 Å². The minimum atomic E-state index is 0.456. The molecule has 3 rings (SSSR count). The van der Waals surface area contributed by atoms with Gasteiger partial charge in [-0.05, 0) is 12.1 Å². The average Bonchev–Trinajstić information content (AvgIpc) is 2.71. The summed E-state index contributed by atoms with van der Waals surface area (Å²) < 4.78 is 11.2. The molecule has 3 heterocycles. The van der Waals surface area contributed by atoms with Gasteiger partial charge in [-0.2, -0.15) is 4.98 Å². The molecular weight excluding hydrogens is 242 g/mol. The predicted octanol–water partition coefficient (Wildman–Crippen LogP) is 1.54. The number of nitrogens with zero attached hydrogens (tertiary/aromatic N) is 2. The Bertz CT molecular complexity index is 546. The van der Waals surface area contributed by atoms with Crippen molar-refractivity contribution >= 4 is 0 Å². The highest BCUT2D eigenvalue weighted by Gasteiger charge is 2.11. The number of hydrogen-bond acceptors (Lipinski definition) is 5. The van der Waals surface area contributed by atoms with Crippen LogP contribution in [0.15, 0.2) is 36.7 Å². The molecule has 0 aromatic carbocycles. The van der Waals surface area contributed by atoms with E-state index in [1.807, 2.05) is 24.3 Å². The van der Waals surface area contributed by atoms with Gasteiger partial charge in [0, 0.05) is 42.7 Å². The summed E-state index contributed by atoms with van der Waals surface area (Å²) in [6.45, 7) is 2.71. The molecular formula is C14H15N3O2. The molecule has 0 saturated carbocycles. The molecule has 0 radical (unpaired) electrons. The van der Waals surface area contributed by atoms with Crippen molar-refractivity contribution in [3.63, 3.8) is 0 Å². The van der Waals surface area contributed by atoms with Crippen LogP contribution in [-0.4, -0.2) is 23.1 Å². The lowest BCUT2D eigenvalue weighted by Gasteiger charge is -2.09. The van der Waals surface area contributed by atoms with Crippen molar-refractivity contribution < 1.29 is 9.47 Å². The highest BCUT2D eigenvalue weighted by Crippen LogP contribution is 2.21. The normalized spacial score (nSPS) is 14.1. The molecule has 1 N–H and O–H groups in total. The first kappa shape index (κ1) is 11.9. The lowest BCUT2D eigenvalue weighted by Crippen LogP contribution is -2.16. The van der Waals surface area contributed by atoms with Crippen molar-refractivity contribution in [1.82, 2.24) is 15.3 Å². The van der Waals surface area contributed by atoms with E-state index in [4.69, 9.17) is 9.47 Å². The highest BCUT2D eigenvalue weighted by molar-refractivity contribution is 5.31. The van der Waals surface area contributed by atoms with E-state index in [0.717, 1.165) is 24.2 Å². The van der Waals surface area contributed by atoms with Crippen LogP contribution in [0.2, 0.25) is 0 Å². The standard InChI is InChI=1S/C14H15N3O2/c1-2-11(8-15-5-1)10-19-13-4-3-12-9-16-6-7-18-14(12)17-13/h1-5,8,16H,6-7,9-10H2. The second kappa shape index (κ2) is 5.67. The molecule has 19 heavy (non-hydrogen) atoms. The molecule has 98 valence electrons. The van der Waals surface area contributed by atoms with Crippen LogP contribution in [0.5, 0.6) is 11.8 Å². The molecule has 0 spiro atoms. The molecule has 1 aliphatic rings. The number of hydrogen-bond donors (Lipinski definition) is 1. The lowest BCUT2D eigenvalue weighted by atomic mass is 10.2. The summed E-state index contributed by atoms with van der Waals surface area (Å²) in [5.41, 5.74) is 2.08. The largest absolute Gasteiger partial charge is 0.476 e. The molecule has 5 heteroatoms. The van der Waals surface area contributed by atoms with Gasteiger partial charge in [-0.1, -0.05) is 6.07 Å². The maximum atomic E-state index is 5.65. The summed E-state index contributed by atoms with van der Waals surface area (Å²) in [5.74, 6) is 1.23. The van der Waals surface area contributed by atoms with Crippen LogP contribution in [-0.2, 0) is 13.2 Å². The molecule has 1 aliphatic heterocycles. The third kappa shape index (κ3) is 3.00. The van der Waals surface area contributed by atoms with Gasteiger partial charge < -0.3 is 14.8 Å². The number of fused-ring (bicyclic) bond motifs is 1. The van der Waals surface area contributed by atoms with Crippen molar-refractivity contribution in [2.45, 2.75) is 13.2 Å². The summed E-state index contributed by atoms with van der Waals surface area (Å²) in [6.07, 6.45) is 3.52. The number of ether oxygens (including phenoxy) is 2. The topological polar surface area (TPSA) is 56.3 Å². The van der Waals surface area contributed by atoms with Crippen LogP contribution in [0, 0.1) is 0 Å². The van der Waals surface area contributed by atoms with Crippen molar-refractivity contribution in [1.29, 1.82) is 0 Å². The van der Waals surface area contributed by atoms with E-state index in [0.29, 0.717) is 25.0 Å². The molecule has 2 aromatic rings. The summed E-state index contributed by atoms with van der Waals surface area (Å²) in [6, 6.07) is 7.71. The number of pyridine rings is 2. The summed E-state index contributed by atoms with van der Waals surface area (Å²) in [4.78, 5) is 8.43. The fourth-order valence-electron chi connectivity index (χ4n) is 1.88. The van der Waals surface area contributed by atoms with E-state index < -0.39 is 0 Å².